The van der Waals surface area contributed by atoms with Gasteiger partial charge < -0.3 is 23.9 Å². The summed E-state index contributed by atoms with van der Waals surface area (Å²) in [5, 5.41) is 2.92. The number of rotatable bonds is 11. The Hall–Kier alpha value is -3.41. The van der Waals surface area contributed by atoms with E-state index in [-0.39, 0.29) is 17.1 Å². The molecule has 6 heteroatoms. The zero-order valence-corrected chi connectivity index (χ0v) is 21.0. The Labute approximate surface area is 202 Å². The summed E-state index contributed by atoms with van der Waals surface area (Å²) in [4.78, 5) is 12.6. The van der Waals surface area contributed by atoms with E-state index < -0.39 is 0 Å². The lowest BCUT2D eigenvalue weighted by Crippen LogP contribution is -2.25. The molecule has 0 radical (unpaired) electrons. The first-order chi connectivity index (χ1) is 16.3. The van der Waals surface area contributed by atoms with Gasteiger partial charge in [0, 0.05) is 18.5 Å². The van der Waals surface area contributed by atoms with E-state index in [1.165, 1.54) is 5.56 Å². The summed E-state index contributed by atoms with van der Waals surface area (Å²) in [5.41, 5.74) is 3.32. The van der Waals surface area contributed by atoms with Crippen molar-refractivity contribution in [1.82, 2.24) is 5.32 Å². The maximum atomic E-state index is 12.6. The van der Waals surface area contributed by atoms with E-state index in [2.05, 4.69) is 38.2 Å². The molecule has 34 heavy (non-hydrogen) atoms. The molecule has 1 heterocycles. The summed E-state index contributed by atoms with van der Waals surface area (Å²) in [6.07, 6.45) is 2.19. The van der Waals surface area contributed by atoms with Crippen molar-refractivity contribution in [2.24, 2.45) is 0 Å². The van der Waals surface area contributed by atoms with Crippen LogP contribution in [0, 0.1) is 0 Å². The number of ether oxygens (including phenoxy) is 3. The minimum Gasteiger partial charge on any atom is -0.497 e. The van der Waals surface area contributed by atoms with Gasteiger partial charge in [0.2, 0.25) is 0 Å². The van der Waals surface area contributed by atoms with Crippen molar-refractivity contribution in [2.45, 2.75) is 45.4 Å². The van der Waals surface area contributed by atoms with Gasteiger partial charge in [0.05, 0.1) is 21.3 Å². The minimum absolute atomic E-state index is 0.0701. The summed E-state index contributed by atoms with van der Waals surface area (Å²) in [6.45, 7) is 7.09. The van der Waals surface area contributed by atoms with Crippen LogP contribution in [0.25, 0.3) is 0 Å². The number of furan rings is 1. The van der Waals surface area contributed by atoms with Gasteiger partial charge in [-0.1, -0.05) is 32.9 Å². The fraction of sp³-hybridized carbons (Fsp3) is 0.393. The number of amides is 1. The predicted octanol–water partition coefficient (Wildman–Crippen LogP) is 5.56. The molecule has 2 aromatic carbocycles. The van der Waals surface area contributed by atoms with Crippen LogP contribution >= 0.6 is 0 Å². The second-order valence-electron chi connectivity index (χ2n) is 8.89. The second kappa shape index (κ2) is 11.1. The fourth-order valence-corrected chi connectivity index (χ4v) is 3.80. The Kier molecular flexibility index (Phi) is 8.26. The molecule has 0 aliphatic carbocycles. The van der Waals surface area contributed by atoms with Crippen LogP contribution in [0.1, 0.15) is 60.2 Å². The molecular formula is C28H35NO5. The van der Waals surface area contributed by atoms with Crippen LogP contribution in [0.15, 0.2) is 52.9 Å². The van der Waals surface area contributed by atoms with Crippen LogP contribution in [0.3, 0.4) is 0 Å². The van der Waals surface area contributed by atoms with Crippen LogP contribution in [0.4, 0.5) is 0 Å². The molecule has 0 unspecified atom stereocenters. The maximum Gasteiger partial charge on any atom is 0.287 e. The van der Waals surface area contributed by atoms with E-state index in [0.29, 0.717) is 25.1 Å². The monoisotopic (exact) mass is 465 g/mol. The van der Waals surface area contributed by atoms with Crippen molar-refractivity contribution in [3.63, 3.8) is 0 Å². The van der Waals surface area contributed by atoms with Crippen molar-refractivity contribution in [1.29, 1.82) is 0 Å². The summed E-state index contributed by atoms with van der Waals surface area (Å²) in [7, 11) is 4.92. The fourth-order valence-electron chi connectivity index (χ4n) is 3.80. The third-order valence-corrected chi connectivity index (χ3v) is 6.36. The van der Waals surface area contributed by atoms with Crippen LogP contribution < -0.4 is 19.5 Å². The van der Waals surface area contributed by atoms with E-state index in [1.807, 2.05) is 30.3 Å². The molecule has 6 nitrogen and oxygen atoms in total. The van der Waals surface area contributed by atoms with E-state index in [0.717, 1.165) is 34.8 Å². The zero-order valence-electron chi connectivity index (χ0n) is 21.0. The van der Waals surface area contributed by atoms with Gasteiger partial charge in [0.1, 0.15) is 23.0 Å². The Morgan fingerprint density at radius 1 is 0.912 bits per heavy atom. The number of carbonyl (C=O) groups is 1. The molecule has 0 bridgehead atoms. The topological polar surface area (TPSA) is 69.9 Å². The molecule has 0 aliphatic heterocycles. The standard InChI is InChI=1S/C28H35NO5/c1-7-28(2,3)21-8-11-25(33-6)20(16-21)18-23-10-13-26(34-23)27(30)29-15-14-19-17-22(31-4)9-12-24(19)32-5/h8-13,16-17H,7,14-15,18H2,1-6H3,(H,29,30). The molecule has 0 saturated heterocycles. The molecule has 3 rings (SSSR count). The summed E-state index contributed by atoms with van der Waals surface area (Å²) < 4.78 is 22.1. The summed E-state index contributed by atoms with van der Waals surface area (Å²) in [5.74, 6) is 3.07. The molecule has 0 aliphatic rings. The highest BCUT2D eigenvalue weighted by atomic mass is 16.5. The third kappa shape index (κ3) is 5.93. The van der Waals surface area contributed by atoms with Gasteiger partial charge in [0.15, 0.2) is 5.76 Å². The van der Waals surface area contributed by atoms with Gasteiger partial charge in [-0.05, 0) is 65.8 Å². The Bertz CT molecular complexity index is 1120. The molecule has 1 aromatic heterocycles. The van der Waals surface area contributed by atoms with Crippen LogP contribution in [-0.2, 0) is 18.3 Å². The molecule has 3 aromatic rings. The molecule has 182 valence electrons. The van der Waals surface area contributed by atoms with Crippen molar-refractivity contribution in [3.8, 4) is 17.2 Å². The van der Waals surface area contributed by atoms with Gasteiger partial charge in [-0.3, -0.25) is 4.79 Å². The number of hydrogen-bond acceptors (Lipinski definition) is 5. The molecule has 0 atom stereocenters. The highest BCUT2D eigenvalue weighted by Crippen LogP contribution is 2.32. The number of carbonyl (C=O) groups excluding carboxylic acids is 1. The number of benzene rings is 2. The van der Waals surface area contributed by atoms with Crippen LogP contribution in [0.5, 0.6) is 17.2 Å². The van der Waals surface area contributed by atoms with Crippen molar-refractivity contribution >= 4 is 5.91 Å². The minimum atomic E-state index is -0.249. The lowest BCUT2D eigenvalue weighted by Gasteiger charge is -2.24. The van der Waals surface area contributed by atoms with E-state index in [9.17, 15) is 4.79 Å². The first kappa shape index (κ1) is 25.2. The Balaban J connectivity index is 1.66. The first-order valence-corrected chi connectivity index (χ1v) is 11.6. The molecular weight excluding hydrogens is 430 g/mol. The predicted molar refractivity (Wildman–Crippen MR) is 133 cm³/mol. The van der Waals surface area contributed by atoms with E-state index in [4.69, 9.17) is 18.6 Å². The lowest BCUT2D eigenvalue weighted by atomic mass is 9.81. The highest BCUT2D eigenvalue weighted by molar-refractivity contribution is 5.91. The SMILES string of the molecule is CCC(C)(C)c1ccc(OC)c(Cc2ccc(C(=O)NCCc3cc(OC)ccc3OC)o2)c1. The molecule has 0 fully saturated rings. The van der Waals surface area contributed by atoms with Crippen molar-refractivity contribution in [2.75, 3.05) is 27.9 Å². The quantitative estimate of drug-likeness (QED) is 0.402. The lowest BCUT2D eigenvalue weighted by molar-refractivity contribution is 0.0924. The smallest absolute Gasteiger partial charge is 0.287 e. The summed E-state index contributed by atoms with van der Waals surface area (Å²) in [6, 6.07) is 15.5. The van der Waals surface area contributed by atoms with Crippen molar-refractivity contribution in [3.05, 3.63) is 76.7 Å². The average Bonchev–Trinajstić information content (AvgIpc) is 3.32. The third-order valence-electron chi connectivity index (χ3n) is 6.36. The average molecular weight is 466 g/mol. The Morgan fingerprint density at radius 2 is 1.62 bits per heavy atom. The number of hydrogen-bond donors (Lipinski definition) is 1. The van der Waals surface area contributed by atoms with Gasteiger partial charge in [-0.25, -0.2) is 0 Å². The number of methoxy groups -OCH3 is 3. The van der Waals surface area contributed by atoms with Gasteiger partial charge in [-0.2, -0.15) is 0 Å². The van der Waals surface area contributed by atoms with Crippen molar-refractivity contribution < 1.29 is 23.4 Å². The molecule has 0 saturated carbocycles. The van der Waals surface area contributed by atoms with Crippen LogP contribution in [0.2, 0.25) is 0 Å². The molecule has 1 amide bonds. The molecule has 0 spiro atoms. The van der Waals surface area contributed by atoms with Gasteiger partial charge in [0.25, 0.3) is 5.91 Å². The summed E-state index contributed by atoms with van der Waals surface area (Å²) >= 11 is 0. The van der Waals surface area contributed by atoms with Crippen LogP contribution in [-0.4, -0.2) is 33.8 Å². The zero-order chi connectivity index (χ0) is 24.7. The van der Waals surface area contributed by atoms with Gasteiger partial charge in [-0.15, -0.1) is 0 Å². The van der Waals surface area contributed by atoms with E-state index in [1.54, 1.807) is 27.4 Å². The Morgan fingerprint density at radius 3 is 2.29 bits per heavy atom. The normalized spacial score (nSPS) is 11.2. The molecule has 1 N–H and O–H groups in total. The second-order valence-corrected chi connectivity index (χ2v) is 8.89. The number of nitrogens with one attached hydrogen (secondary N) is 1. The highest BCUT2D eigenvalue weighted by Gasteiger charge is 2.20. The van der Waals surface area contributed by atoms with E-state index >= 15 is 0 Å². The largest absolute Gasteiger partial charge is 0.497 e. The van der Waals surface area contributed by atoms with Gasteiger partial charge >= 0.3 is 0 Å². The first-order valence-electron chi connectivity index (χ1n) is 11.6. The maximum absolute atomic E-state index is 12.6.